The zero-order valence-electron chi connectivity index (χ0n) is 14.4. The number of aromatic nitrogens is 1. The van der Waals surface area contributed by atoms with Crippen LogP contribution in [0, 0.1) is 16.7 Å². The lowest BCUT2D eigenvalue weighted by Crippen LogP contribution is -2.27. The van der Waals surface area contributed by atoms with E-state index in [0.717, 1.165) is 17.5 Å². The van der Waals surface area contributed by atoms with Crippen LogP contribution in [0.3, 0.4) is 0 Å². The van der Waals surface area contributed by atoms with Gasteiger partial charge in [-0.2, -0.15) is 5.26 Å². The number of carbonyl (C=O) groups is 1. The molecule has 0 spiro atoms. The number of ether oxygens (including phenoxy) is 1. The van der Waals surface area contributed by atoms with Gasteiger partial charge in [0, 0.05) is 18.7 Å². The predicted octanol–water partition coefficient (Wildman–Crippen LogP) is 3.12. The number of pyridine rings is 1. The van der Waals surface area contributed by atoms with E-state index in [2.05, 4.69) is 19.9 Å². The van der Waals surface area contributed by atoms with Crippen LogP contribution < -0.4 is 10.3 Å². The van der Waals surface area contributed by atoms with Gasteiger partial charge in [-0.05, 0) is 41.7 Å². The second-order valence-electron chi connectivity index (χ2n) is 6.82. The Bertz CT molecular complexity index is 991. The highest BCUT2D eigenvalue weighted by Gasteiger charge is 2.27. The van der Waals surface area contributed by atoms with Crippen LogP contribution in [0.4, 0.5) is 0 Å². The van der Waals surface area contributed by atoms with E-state index in [1.807, 2.05) is 12.1 Å². The van der Waals surface area contributed by atoms with Gasteiger partial charge in [0.15, 0.2) is 5.75 Å². The van der Waals surface area contributed by atoms with Crippen molar-refractivity contribution in [3.05, 3.63) is 69.6 Å². The molecule has 126 valence electrons. The minimum Gasteiger partial charge on any atom is -0.421 e. The molecule has 0 amide bonds. The van der Waals surface area contributed by atoms with E-state index in [0.29, 0.717) is 11.3 Å². The van der Waals surface area contributed by atoms with E-state index in [4.69, 9.17) is 4.74 Å². The molecule has 1 aromatic heterocycles. The third-order valence-electron chi connectivity index (χ3n) is 4.11. The van der Waals surface area contributed by atoms with Crippen molar-refractivity contribution in [3.63, 3.8) is 0 Å². The maximum absolute atomic E-state index is 12.8. The summed E-state index contributed by atoms with van der Waals surface area (Å²) in [5, 5.41) is 9.20. The number of nitriles is 1. The van der Waals surface area contributed by atoms with Gasteiger partial charge in [-0.15, -0.1) is 0 Å². The van der Waals surface area contributed by atoms with Crippen LogP contribution in [0.25, 0.3) is 5.70 Å². The molecule has 0 unspecified atom stereocenters. The van der Waals surface area contributed by atoms with E-state index in [-0.39, 0.29) is 11.2 Å². The summed E-state index contributed by atoms with van der Waals surface area (Å²) in [6, 6.07) is 10.8. The molecule has 0 fully saturated rings. The zero-order valence-corrected chi connectivity index (χ0v) is 14.4. The van der Waals surface area contributed by atoms with Gasteiger partial charge in [-0.3, -0.25) is 14.2 Å². The maximum Gasteiger partial charge on any atom is 0.308 e. The number of allylic oxidation sites excluding steroid dienone is 1. The van der Waals surface area contributed by atoms with Crippen LogP contribution in [-0.4, -0.2) is 10.5 Å². The molecule has 1 heterocycles. The molecular formula is C20H18N2O3. The number of benzene rings is 1. The Balaban J connectivity index is 2.23. The normalized spacial score (nSPS) is 14.9. The summed E-state index contributed by atoms with van der Waals surface area (Å²) < 4.78 is 6.48. The molecule has 2 aromatic rings. The highest BCUT2D eigenvalue weighted by Crippen LogP contribution is 2.37. The van der Waals surface area contributed by atoms with Crippen molar-refractivity contribution < 1.29 is 9.53 Å². The first-order valence-electron chi connectivity index (χ1n) is 7.97. The molecular weight excluding hydrogens is 316 g/mol. The largest absolute Gasteiger partial charge is 0.421 e. The van der Waals surface area contributed by atoms with Crippen molar-refractivity contribution in [1.29, 1.82) is 5.26 Å². The monoisotopic (exact) mass is 334 g/mol. The fourth-order valence-electron chi connectivity index (χ4n) is 3.12. The number of esters is 1. The van der Waals surface area contributed by atoms with Gasteiger partial charge < -0.3 is 4.74 Å². The summed E-state index contributed by atoms with van der Waals surface area (Å²) in [5.74, 6) is -0.558. The Morgan fingerprint density at radius 1 is 1.32 bits per heavy atom. The Hall–Kier alpha value is -3.13. The molecule has 0 N–H and O–H groups in total. The topological polar surface area (TPSA) is 72.1 Å². The Morgan fingerprint density at radius 3 is 2.76 bits per heavy atom. The minimum atomic E-state index is -0.542. The third kappa shape index (κ3) is 3.24. The first-order valence-corrected chi connectivity index (χ1v) is 7.97. The number of fused-ring (bicyclic) bond motifs is 1. The lowest BCUT2D eigenvalue weighted by molar-refractivity contribution is -0.131. The number of carbonyl (C=O) groups excluding carboxylic acids is 1. The zero-order chi connectivity index (χ0) is 18.2. The van der Waals surface area contributed by atoms with Crippen LogP contribution in [-0.2, 0) is 11.2 Å². The number of hydrogen-bond donors (Lipinski definition) is 0. The van der Waals surface area contributed by atoms with Crippen molar-refractivity contribution in [2.45, 2.75) is 27.2 Å². The fourth-order valence-corrected chi connectivity index (χ4v) is 3.12. The van der Waals surface area contributed by atoms with E-state index in [1.54, 1.807) is 24.4 Å². The Morgan fingerprint density at radius 2 is 2.08 bits per heavy atom. The second-order valence-corrected chi connectivity index (χ2v) is 6.82. The van der Waals surface area contributed by atoms with Crippen LogP contribution >= 0.6 is 0 Å². The van der Waals surface area contributed by atoms with Gasteiger partial charge in [0.05, 0.1) is 17.3 Å². The van der Waals surface area contributed by atoms with E-state index in [1.165, 1.54) is 17.6 Å². The molecule has 0 atom stereocenters. The van der Waals surface area contributed by atoms with E-state index < -0.39 is 11.5 Å². The summed E-state index contributed by atoms with van der Waals surface area (Å²) in [6.45, 7) is 5.44. The van der Waals surface area contributed by atoms with Crippen molar-refractivity contribution in [3.8, 4) is 11.8 Å². The average molecular weight is 334 g/mol. The molecule has 0 aliphatic heterocycles. The number of nitrogens with zero attached hydrogens (tertiary/aromatic N) is 2. The summed E-state index contributed by atoms with van der Waals surface area (Å²) in [6.07, 6.45) is 4.48. The van der Waals surface area contributed by atoms with Crippen molar-refractivity contribution in [2.75, 3.05) is 0 Å². The number of hydrogen-bond acceptors (Lipinski definition) is 4. The number of rotatable bonds is 2. The molecule has 1 aliphatic rings. The molecule has 0 saturated carbocycles. The van der Waals surface area contributed by atoms with Crippen molar-refractivity contribution >= 4 is 11.7 Å². The molecule has 1 aromatic carbocycles. The third-order valence-corrected chi connectivity index (χ3v) is 4.11. The molecule has 1 aliphatic carbocycles. The molecule has 25 heavy (non-hydrogen) atoms. The summed E-state index contributed by atoms with van der Waals surface area (Å²) in [4.78, 5) is 24.0. The average Bonchev–Trinajstić information content (AvgIpc) is 2.54. The van der Waals surface area contributed by atoms with Crippen LogP contribution in [0.2, 0.25) is 0 Å². The molecule has 0 saturated heterocycles. The van der Waals surface area contributed by atoms with Gasteiger partial charge in [-0.1, -0.05) is 26.0 Å². The van der Waals surface area contributed by atoms with Gasteiger partial charge in [-0.25, -0.2) is 0 Å². The van der Waals surface area contributed by atoms with Gasteiger partial charge in [0.1, 0.15) is 0 Å². The van der Waals surface area contributed by atoms with E-state index in [9.17, 15) is 14.9 Å². The molecule has 5 nitrogen and oxygen atoms in total. The quantitative estimate of drug-likeness (QED) is 0.791. The predicted molar refractivity (Wildman–Crippen MR) is 94.0 cm³/mol. The van der Waals surface area contributed by atoms with Crippen LogP contribution in [0.15, 0.2) is 47.4 Å². The van der Waals surface area contributed by atoms with E-state index >= 15 is 0 Å². The van der Waals surface area contributed by atoms with Crippen molar-refractivity contribution in [2.24, 2.45) is 5.41 Å². The van der Waals surface area contributed by atoms with Crippen LogP contribution in [0.1, 0.15) is 37.5 Å². The smallest absolute Gasteiger partial charge is 0.308 e. The molecule has 0 radical (unpaired) electrons. The Labute approximate surface area is 145 Å². The first kappa shape index (κ1) is 16.7. The standard InChI is InChI=1S/C20H18N2O3/c1-13(23)25-18-5-4-8-22(19(18)24)17-11-20(2,3)10-15-7-6-14(12-21)9-16(15)17/h4-9,11H,10H2,1-3H3. The molecule has 0 bridgehead atoms. The maximum atomic E-state index is 12.8. The lowest BCUT2D eigenvalue weighted by Gasteiger charge is -2.30. The van der Waals surface area contributed by atoms with Crippen molar-refractivity contribution in [1.82, 2.24) is 4.57 Å². The molecule has 5 heteroatoms. The highest BCUT2D eigenvalue weighted by molar-refractivity contribution is 5.73. The molecule has 3 rings (SSSR count). The van der Waals surface area contributed by atoms with Gasteiger partial charge >= 0.3 is 5.97 Å². The Kier molecular flexibility index (Phi) is 4.05. The summed E-state index contributed by atoms with van der Waals surface area (Å²) in [5.41, 5.74) is 2.60. The first-order chi connectivity index (χ1) is 11.8. The second kappa shape index (κ2) is 6.06. The fraction of sp³-hybridized carbons (Fsp3) is 0.250. The summed E-state index contributed by atoms with van der Waals surface area (Å²) in [7, 11) is 0. The van der Waals surface area contributed by atoms with Crippen LogP contribution in [0.5, 0.6) is 5.75 Å². The minimum absolute atomic E-state index is 0.0164. The lowest BCUT2D eigenvalue weighted by atomic mass is 9.77. The SMILES string of the molecule is CC(=O)Oc1cccn(C2=CC(C)(C)Cc3ccc(C#N)cc32)c1=O. The highest BCUT2D eigenvalue weighted by atomic mass is 16.5. The van der Waals surface area contributed by atoms with Gasteiger partial charge in [0.2, 0.25) is 0 Å². The summed E-state index contributed by atoms with van der Waals surface area (Å²) >= 11 is 0. The van der Waals surface area contributed by atoms with Gasteiger partial charge in [0.25, 0.3) is 5.56 Å².